The van der Waals surface area contributed by atoms with Crippen molar-refractivity contribution in [2.45, 2.75) is 24.0 Å². The van der Waals surface area contributed by atoms with E-state index in [1.165, 1.54) is 0 Å². The number of sulfone groups is 1. The van der Waals surface area contributed by atoms with Crippen LogP contribution in [0.5, 0.6) is 5.75 Å². The Morgan fingerprint density at radius 3 is 2.36 bits per heavy atom. The molecule has 3 aromatic rings. The van der Waals surface area contributed by atoms with Crippen LogP contribution in [-0.2, 0) is 9.84 Å². The van der Waals surface area contributed by atoms with Crippen LogP contribution >= 0.6 is 0 Å². The van der Waals surface area contributed by atoms with Gasteiger partial charge >= 0.3 is 0 Å². The molecule has 142 valence electrons. The van der Waals surface area contributed by atoms with Gasteiger partial charge in [-0.3, -0.25) is 4.98 Å². The predicted octanol–water partition coefficient (Wildman–Crippen LogP) is 3.73. The number of rotatable bonds is 4. The van der Waals surface area contributed by atoms with E-state index in [-0.39, 0.29) is 0 Å². The van der Waals surface area contributed by atoms with E-state index in [1.54, 1.807) is 57.6 Å². The van der Waals surface area contributed by atoms with Gasteiger partial charge in [-0.05, 0) is 44.0 Å². The van der Waals surface area contributed by atoms with E-state index >= 15 is 0 Å². The highest BCUT2D eigenvalue weighted by atomic mass is 32.2. The average molecular weight is 392 g/mol. The zero-order valence-electron chi connectivity index (χ0n) is 15.9. The lowest BCUT2D eigenvalue weighted by Gasteiger charge is -2.08. The maximum Gasteiger partial charge on any atom is 0.180 e. The van der Waals surface area contributed by atoms with Crippen molar-refractivity contribution in [3.8, 4) is 28.8 Å². The number of para-hydroxylation sites is 1. The SMILES string of the molecule is COc1ccccc1C#Cc1cncc(-c2ccc(S(=O)(=O)C(C)C)cc2)n1. The smallest absolute Gasteiger partial charge is 0.180 e. The van der Waals surface area contributed by atoms with Gasteiger partial charge in [0.2, 0.25) is 0 Å². The molecule has 0 aliphatic rings. The fourth-order valence-corrected chi connectivity index (χ4v) is 3.59. The summed E-state index contributed by atoms with van der Waals surface area (Å²) in [5.41, 5.74) is 2.68. The summed E-state index contributed by atoms with van der Waals surface area (Å²) in [5.74, 6) is 6.74. The Morgan fingerprint density at radius 2 is 1.68 bits per heavy atom. The van der Waals surface area contributed by atoms with Gasteiger partial charge in [-0.2, -0.15) is 0 Å². The molecule has 0 amide bonds. The van der Waals surface area contributed by atoms with Crippen molar-refractivity contribution in [1.82, 2.24) is 9.97 Å². The zero-order valence-corrected chi connectivity index (χ0v) is 16.7. The Kier molecular flexibility index (Phi) is 5.76. The summed E-state index contributed by atoms with van der Waals surface area (Å²) in [6, 6.07) is 14.2. The maximum atomic E-state index is 12.2. The summed E-state index contributed by atoms with van der Waals surface area (Å²) < 4.78 is 29.8. The highest BCUT2D eigenvalue weighted by molar-refractivity contribution is 7.92. The number of aromatic nitrogens is 2. The Bertz CT molecular complexity index is 1140. The van der Waals surface area contributed by atoms with Crippen LogP contribution in [-0.4, -0.2) is 30.7 Å². The molecule has 3 rings (SSSR count). The van der Waals surface area contributed by atoms with E-state index in [4.69, 9.17) is 4.74 Å². The topological polar surface area (TPSA) is 69.2 Å². The first kappa shape index (κ1) is 19.6. The van der Waals surface area contributed by atoms with Gasteiger partial charge in [0.05, 0.1) is 40.9 Å². The molecule has 1 aromatic heterocycles. The van der Waals surface area contributed by atoms with Crippen molar-refractivity contribution in [3.05, 3.63) is 72.2 Å². The summed E-state index contributed by atoms with van der Waals surface area (Å²) in [4.78, 5) is 9.01. The van der Waals surface area contributed by atoms with E-state index in [2.05, 4.69) is 21.8 Å². The van der Waals surface area contributed by atoms with Crippen molar-refractivity contribution in [3.63, 3.8) is 0 Å². The van der Waals surface area contributed by atoms with Crippen LogP contribution in [0.25, 0.3) is 11.3 Å². The molecule has 0 saturated heterocycles. The maximum absolute atomic E-state index is 12.2. The number of nitrogens with zero attached hydrogens (tertiary/aromatic N) is 2. The third-order valence-electron chi connectivity index (χ3n) is 4.17. The Balaban J connectivity index is 1.90. The highest BCUT2D eigenvalue weighted by Crippen LogP contribution is 2.22. The minimum Gasteiger partial charge on any atom is -0.495 e. The molecule has 2 aromatic carbocycles. The lowest BCUT2D eigenvalue weighted by Crippen LogP contribution is -2.13. The summed E-state index contributed by atoms with van der Waals surface area (Å²) >= 11 is 0. The van der Waals surface area contributed by atoms with Crippen LogP contribution in [0.3, 0.4) is 0 Å². The average Bonchev–Trinajstić information content (AvgIpc) is 2.72. The third-order valence-corrected chi connectivity index (χ3v) is 6.34. The van der Waals surface area contributed by atoms with Crippen LogP contribution in [0.15, 0.2) is 65.8 Å². The first-order chi connectivity index (χ1) is 13.4. The van der Waals surface area contributed by atoms with Crippen LogP contribution in [0, 0.1) is 11.8 Å². The Hall–Kier alpha value is -3.17. The van der Waals surface area contributed by atoms with Gasteiger partial charge < -0.3 is 4.74 Å². The zero-order chi connectivity index (χ0) is 20.1. The second-order valence-electron chi connectivity index (χ2n) is 6.36. The predicted molar refractivity (Wildman–Crippen MR) is 109 cm³/mol. The first-order valence-electron chi connectivity index (χ1n) is 8.73. The Morgan fingerprint density at radius 1 is 0.964 bits per heavy atom. The van der Waals surface area contributed by atoms with Crippen molar-refractivity contribution >= 4 is 9.84 Å². The van der Waals surface area contributed by atoms with Gasteiger partial charge in [0.1, 0.15) is 11.4 Å². The minimum atomic E-state index is -3.30. The molecule has 0 unspecified atom stereocenters. The first-order valence-corrected chi connectivity index (χ1v) is 10.3. The number of methoxy groups -OCH3 is 1. The summed E-state index contributed by atoms with van der Waals surface area (Å²) in [7, 11) is -1.70. The van der Waals surface area contributed by atoms with Crippen LogP contribution in [0.1, 0.15) is 25.1 Å². The second kappa shape index (κ2) is 8.24. The molecular formula is C22H20N2O3S. The highest BCUT2D eigenvalue weighted by Gasteiger charge is 2.18. The summed E-state index contributed by atoms with van der Waals surface area (Å²) in [5, 5.41) is -0.466. The van der Waals surface area contributed by atoms with Crippen LogP contribution in [0.4, 0.5) is 0 Å². The molecule has 6 heteroatoms. The minimum absolute atomic E-state index is 0.298. The number of ether oxygens (including phenoxy) is 1. The summed E-state index contributed by atoms with van der Waals surface area (Å²) in [6.45, 7) is 3.33. The number of hydrogen-bond acceptors (Lipinski definition) is 5. The fraction of sp³-hybridized carbons (Fsp3) is 0.182. The van der Waals surface area contributed by atoms with E-state index in [9.17, 15) is 8.42 Å². The molecule has 0 radical (unpaired) electrons. The standard InChI is InChI=1S/C22H20N2O3S/c1-16(2)28(25,26)20-12-9-17(10-13-20)21-15-23-14-19(24-21)11-8-18-6-4-5-7-22(18)27-3/h4-7,9-10,12-16H,1-3H3. The van der Waals surface area contributed by atoms with Gasteiger partial charge in [0.15, 0.2) is 9.84 Å². The van der Waals surface area contributed by atoms with Gasteiger partial charge in [0, 0.05) is 5.56 Å². The fourth-order valence-electron chi connectivity index (χ4n) is 2.53. The normalized spacial score (nSPS) is 11.0. The van der Waals surface area contributed by atoms with Crippen molar-refractivity contribution in [1.29, 1.82) is 0 Å². The van der Waals surface area contributed by atoms with Crippen LogP contribution in [0.2, 0.25) is 0 Å². The van der Waals surface area contributed by atoms with E-state index in [1.807, 2.05) is 24.3 Å². The molecule has 0 fully saturated rings. The van der Waals surface area contributed by atoms with Crippen molar-refractivity contribution in [2.75, 3.05) is 7.11 Å². The molecule has 0 aliphatic heterocycles. The van der Waals surface area contributed by atoms with E-state index in [0.717, 1.165) is 11.1 Å². The molecule has 0 spiro atoms. The molecule has 5 nitrogen and oxygen atoms in total. The molecule has 0 bridgehead atoms. The van der Waals surface area contributed by atoms with Gasteiger partial charge in [-0.15, -0.1) is 0 Å². The van der Waals surface area contributed by atoms with Gasteiger partial charge in [-0.25, -0.2) is 13.4 Å². The molecule has 1 heterocycles. The van der Waals surface area contributed by atoms with Crippen molar-refractivity contribution < 1.29 is 13.2 Å². The largest absolute Gasteiger partial charge is 0.495 e. The van der Waals surface area contributed by atoms with Gasteiger partial charge in [0.25, 0.3) is 0 Å². The molecule has 28 heavy (non-hydrogen) atoms. The molecule has 0 atom stereocenters. The molecule has 0 saturated carbocycles. The summed E-state index contributed by atoms with van der Waals surface area (Å²) in [6.07, 6.45) is 3.21. The lowest BCUT2D eigenvalue weighted by atomic mass is 10.1. The molecule has 0 aliphatic carbocycles. The van der Waals surface area contributed by atoms with Crippen LogP contribution < -0.4 is 4.74 Å². The lowest BCUT2D eigenvalue weighted by molar-refractivity contribution is 0.413. The van der Waals surface area contributed by atoms with E-state index in [0.29, 0.717) is 22.0 Å². The molecular weight excluding hydrogens is 372 g/mol. The quantitative estimate of drug-likeness (QED) is 0.633. The second-order valence-corrected chi connectivity index (χ2v) is 8.86. The Labute approximate surface area is 165 Å². The van der Waals surface area contributed by atoms with E-state index < -0.39 is 15.1 Å². The van der Waals surface area contributed by atoms with Crippen molar-refractivity contribution in [2.24, 2.45) is 0 Å². The molecule has 0 N–H and O–H groups in total. The van der Waals surface area contributed by atoms with Gasteiger partial charge in [-0.1, -0.05) is 30.2 Å². The monoisotopic (exact) mass is 392 g/mol. The third kappa shape index (κ3) is 4.21. The number of benzene rings is 2. The number of hydrogen-bond donors (Lipinski definition) is 0.